The van der Waals surface area contributed by atoms with Gasteiger partial charge in [0.05, 0.1) is 0 Å². The molecule has 0 unspecified atom stereocenters. The summed E-state index contributed by atoms with van der Waals surface area (Å²) in [6, 6.07) is 32.9. The SMILES string of the molecule is C[Si]1(C)c2ccccc2-c2ccc(N(c3ccccc3)c3ccccc3B(O)O)cc21. The fourth-order valence-electron chi connectivity index (χ4n) is 4.75. The number of fused-ring (bicyclic) bond motifs is 3. The van der Waals surface area contributed by atoms with Crippen molar-refractivity contribution in [3.05, 3.63) is 97.1 Å². The van der Waals surface area contributed by atoms with E-state index in [-0.39, 0.29) is 0 Å². The van der Waals surface area contributed by atoms with Crippen LogP contribution >= 0.6 is 0 Å². The number of nitrogens with zero attached hydrogens (tertiary/aromatic N) is 1. The summed E-state index contributed by atoms with van der Waals surface area (Å²) in [5.74, 6) is 0. The first-order valence-corrected chi connectivity index (χ1v) is 13.5. The predicted octanol–water partition coefficient (Wildman–Crippen LogP) is 3.64. The van der Waals surface area contributed by atoms with Crippen LogP contribution in [0.3, 0.4) is 0 Å². The van der Waals surface area contributed by atoms with E-state index in [1.54, 1.807) is 6.07 Å². The van der Waals surface area contributed by atoms with Crippen LogP contribution in [0.25, 0.3) is 11.1 Å². The van der Waals surface area contributed by atoms with E-state index in [0.29, 0.717) is 5.46 Å². The zero-order valence-corrected chi connectivity index (χ0v) is 18.7. The van der Waals surface area contributed by atoms with Crippen molar-refractivity contribution < 1.29 is 10.0 Å². The van der Waals surface area contributed by atoms with Crippen LogP contribution in [0.5, 0.6) is 0 Å². The lowest BCUT2D eigenvalue weighted by Gasteiger charge is -2.29. The molecule has 0 bridgehead atoms. The Hall–Kier alpha value is -3.12. The maximum Gasteiger partial charge on any atom is 0.490 e. The van der Waals surface area contributed by atoms with Crippen molar-refractivity contribution in [1.82, 2.24) is 0 Å². The number of hydrogen-bond donors (Lipinski definition) is 2. The number of hydrogen-bond acceptors (Lipinski definition) is 3. The molecule has 0 aliphatic carbocycles. The lowest BCUT2D eigenvalue weighted by molar-refractivity contribution is 0.426. The highest BCUT2D eigenvalue weighted by molar-refractivity contribution is 7.03. The average molecular weight is 421 g/mol. The second-order valence-electron chi connectivity index (χ2n) is 8.50. The second kappa shape index (κ2) is 7.54. The molecule has 0 aromatic heterocycles. The first kappa shape index (κ1) is 19.8. The van der Waals surface area contributed by atoms with Gasteiger partial charge >= 0.3 is 7.12 Å². The van der Waals surface area contributed by atoms with Crippen LogP contribution in [-0.4, -0.2) is 25.2 Å². The quantitative estimate of drug-likeness (QED) is 0.495. The average Bonchev–Trinajstić information content (AvgIpc) is 3.02. The van der Waals surface area contributed by atoms with Crippen LogP contribution in [0.2, 0.25) is 13.1 Å². The maximum atomic E-state index is 10.0. The van der Waals surface area contributed by atoms with Crippen molar-refractivity contribution in [3.8, 4) is 11.1 Å². The molecule has 5 heteroatoms. The molecular weight excluding hydrogens is 397 g/mol. The summed E-state index contributed by atoms with van der Waals surface area (Å²) in [6.45, 7) is 4.81. The molecule has 0 amide bonds. The molecule has 0 saturated carbocycles. The molecule has 0 atom stereocenters. The van der Waals surface area contributed by atoms with Gasteiger partial charge in [0.15, 0.2) is 0 Å². The van der Waals surface area contributed by atoms with Gasteiger partial charge in [0.2, 0.25) is 0 Å². The van der Waals surface area contributed by atoms with Gasteiger partial charge in [0.1, 0.15) is 8.07 Å². The van der Waals surface area contributed by atoms with Crippen molar-refractivity contribution >= 4 is 48.1 Å². The first-order valence-electron chi connectivity index (χ1n) is 10.5. The number of rotatable bonds is 4. The molecule has 0 fully saturated rings. The van der Waals surface area contributed by atoms with Gasteiger partial charge < -0.3 is 14.9 Å². The van der Waals surface area contributed by atoms with Crippen molar-refractivity contribution in [2.75, 3.05) is 4.90 Å². The minimum atomic E-state index is -1.82. The van der Waals surface area contributed by atoms with Crippen LogP contribution in [0.4, 0.5) is 17.1 Å². The Balaban J connectivity index is 1.73. The number of benzene rings is 4. The minimum absolute atomic E-state index is 0.478. The van der Waals surface area contributed by atoms with Gasteiger partial charge in [-0.1, -0.05) is 79.8 Å². The minimum Gasteiger partial charge on any atom is -0.423 e. The monoisotopic (exact) mass is 421 g/mol. The van der Waals surface area contributed by atoms with Crippen LogP contribution in [-0.2, 0) is 0 Å². The maximum absolute atomic E-state index is 10.0. The Morgan fingerprint density at radius 3 is 2.06 bits per heavy atom. The molecule has 0 radical (unpaired) electrons. The Bertz CT molecular complexity index is 1260. The van der Waals surface area contributed by atoms with Gasteiger partial charge in [-0.05, 0) is 51.8 Å². The predicted molar refractivity (Wildman–Crippen MR) is 133 cm³/mol. The summed E-state index contributed by atoms with van der Waals surface area (Å²) in [5, 5.41) is 23.0. The van der Waals surface area contributed by atoms with Crippen molar-refractivity contribution in [3.63, 3.8) is 0 Å². The number of anilines is 3. The van der Waals surface area contributed by atoms with Gasteiger partial charge in [-0.15, -0.1) is 0 Å². The number of para-hydroxylation sites is 2. The lowest BCUT2D eigenvalue weighted by atomic mass is 9.78. The van der Waals surface area contributed by atoms with E-state index in [1.807, 2.05) is 48.5 Å². The third-order valence-corrected chi connectivity index (χ3v) is 9.84. The first-order chi connectivity index (χ1) is 15.0. The van der Waals surface area contributed by atoms with E-state index in [2.05, 4.69) is 60.5 Å². The molecule has 1 aliphatic rings. The van der Waals surface area contributed by atoms with Crippen LogP contribution < -0.4 is 20.7 Å². The fourth-order valence-corrected chi connectivity index (χ4v) is 7.84. The molecule has 3 nitrogen and oxygen atoms in total. The van der Waals surface area contributed by atoms with E-state index in [4.69, 9.17) is 0 Å². The van der Waals surface area contributed by atoms with Gasteiger partial charge in [0, 0.05) is 22.5 Å². The highest BCUT2D eigenvalue weighted by Gasteiger charge is 2.37. The molecule has 0 saturated heterocycles. The molecule has 4 aromatic carbocycles. The Kier molecular flexibility index (Phi) is 4.82. The third kappa shape index (κ3) is 3.22. The molecule has 5 rings (SSSR count). The molecule has 1 heterocycles. The van der Waals surface area contributed by atoms with Gasteiger partial charge in [-0.2, -0.15) is 0 Å². The molecule has 1 aliphatic heterocycles. The normalized spacial score (nSPS) is 13.4. The summed E-state index contributed by atoms with van der Waals surface area (Å²) in [6.07, 6.45) is 0. The molecular formula is C26H24BNO2Si. The summed E-state index contributed by atoms with van der Waals surface area (Å²) < 4.78 is 0. The highest BCUT2D eigenvalue weighted by Crippen LogP contribution is 2.36. The second-order valence-corrected chi connectivity index (χ2v) is 12.8. The standard InChI is InChI=1S/C26H24BNO2Si/c1-31(2)25-15-9-6-12-21(25)22-17-16-20(18-26(22)31)28(19-10-4-3-5-11-19)24-14-8-7-13-23(24)27(29)30/h3-18,29-30H,1-2H3. The zero-order valence-electron chi connectivity index (χ0n) is 17.7. The summed E-state index contributed by atoms with van der Waals surface area (Å²) in [7, 11) is -3.37. The fraction of sp³-hybridized carbons (Fsp3) is 0.0769. The third-order valence-electron chi connectivity index (χ3n) is 6.30. The molecule has 152 valence electrons. The van der Waals surface area contributed by atoms with Crippen molar-refractivity contribution in [2.45, 2.75) is 13.1 Å². The largest absolute Gasteiger partial charge is 0.490 e. The smallest absolute Gasteiger partial charge is 0.423 e. The topological polar surface area (TPSA) is 43.7 Å². The van der Waals surface area contributed by atoms with Crippen LogP contribution in [0.15, 0.2) is 97.1 Å². The molecule has 4 aromatic rings. The van der Waals surface area contributed by atoms with E-state index < -0.39 is 15.2 Å². The molecule has 0 spiro atoms. The van der Waals surface area contributed by atoms with E-state index in [0.717, 1.165) is 17.1 Å². The lowest BCUT2D eigenvalue weighted by Crippen LogP contribution is -2.49. The van der Waals surface area contributed by atoms with Gasteiger partial charge in [0.25, 0.3) is 0 Å². The van der Waals surface area contributed by atoms with Gasteiger partial charge in [-0.3, -0.25) is 0 Å². The van der Waals surface area contributed by atoms with Crippen LogP contribution in [0, 0.1) is 0 Å². The molecule has 31 heavy (non-hydrogen) atoms. The zero-order chi connectivity index (χ0) is 21.6. The highest BCUT2D eigenvalue weighted by atomic mass is 28.3. The van der Waals surface area contributed by atoms with E-state index in [1.165, 1.54) is 21.5 Å². The van der Waals surface area contributed by atoms with Crippen molar-refractivity contribution in [1.29, 1.82) is 0 Å². The van der Waals surface area contributed by atoms with Gasteiger partial charge in [-0.25, -0.2) is 0 Å². The van der Waals surface area contributed by atoms with E-state index >= 15 is 0 Å². The van der Waals surface area contributed by atoms with Crippen LogP contribution in [0.1, 0.15) is 0 Å². The Morgan fingerprint density at radius 1 is 0.645 bits per heavy atom. The molecule has 2 N–H and O–H groups in total. The summed E-state index contributed by atoms with van der Waals surface area (Å²) in [5.41, 5.74) is 5.90. The van der Waals surface area contributed by atoms with Crippen molar-refractivity contribution in [2.24, 2.45) is 0 Å². The van der Waals surface area contributed by atoms with E-state index in [9.17, 15) is 10.0 Å². The summed E-state index contributed by atoms with van der Waals surface area (Å²) in [4.78, 5) is 2.11. The summed E-state index contributed by atoms with van der Waals surface area (Å²) >= 11 is 0. The Labute approximate surface area is 184 Å². The Morgan fingerprint density at radius 2 is 1.29 bits per heavy atom.